The zero-order valence-electron chi connectivity index (χ0n) is 7.64. The minimum Gasteiger partial charge on any atom is -0.374 e. The lowest BCUT2D eigenvalue weighted by Gasteiger charge is -2.05. The molecule has 0 heterocycles. The number of hydrogen-bond donors (Lipinski definition) is 1. The molecule has 0 aromatic heterocycles. The lowest BCUT2D eigenvalue weighted by Crippen LogP contribution is -1.98. The Morgan fingerprint density at radius 1 is 1.31 bits per heavy atom. The Morgan fingerprint density at radius 2 is 2.15 bits per heavy atom. The van der Waals surface area contributed by atoms with Gasteiger partial charge in [-0.1, -0.05) is 12.0 Å². The van der Waals surface area contributed by atoms with Crippen LogP contribution in [-0.2, 0) is 12.8 Å². The Morgan fingerprint density at radius 3 is 3.00 bits per heavy atom. The van der Waals surface area contributed by atoms with E-state index in [-0.39, 0.29) is 0 Å². The monoisotopic (exact) mass is 171 g/mol. The molecule has 1 aliphatic rings. The van der Waals surface area contributed by atoms with Gasteiger partial charge in [-0.25, -0.2) is 0 Å². The van der Waals surface area contributed by atoms with Crippen LogP contribution in [-0.4, -0.2) is 6.54 Å². The molecular weight excluding hydrogens is 158 g/mol. The summed E-state index contributed by atoms with van der Waals surface area (Å²) in [7, 11) is 0. The first-order chi connectivity index (χ1) is 6.40. The second kappa shape index (κ2) is 3.53. The van der Waals surface area contributed by atoms with Crippen LogP contribution in [0.5, 0.6) is 0 Å². The zero-order chi connectivity index (χ0) is 9.10. The van der Waals surface area contributed by atoms with Gasteiger partial charge in [0.15, 0.2) is 0 Å². The normalized spacial score (nSPS) is 13.5. The fraction of sp³-hybridized carbons (Fsp3) is 0.333. The van der Waals surface area contributed by atoms with Gasteiger partial charge in [-0.2, -0.15) is 0 Å². The fourth-order valence-corrected chi connectivity index (χ4v) is 1.83. The molecule has 66 valence electrons. The lowest BCUT2D eigenvalue weighted by molar-refractivity contribution is 0.912. The van der Waals surface area contributed by atoms with Crippen LogP contribution in [0.25, 0.3) is 0 Å². The van der Waals surface area contributed by atoms with Crippen molar-refractivity contribution in [3.63, 3.8) is 0 Å². The summed E-state index contributed by atoms with van der Waals surface area (Å²) in [4.78, 5) is 0. The summed E-state index contributed by atoms with van der Waals surface area (Å²) >= 11 is 0. The van der Waals surface area contributed by atoms with Crippen molar-refractivity contribution >= 4 is 5.69 Å². The van der Waals surface area contributed by atoms with Gasteiger partial charge in [-0.3, -0.25) is 0 Å². The largest absolute Gasteiger partial charge is 0.374 e. The number of rotatable bonds is 2. The summed E-state index contributed by atoms with van der Waals surface area (Å²) in [5.74, 6) is 2.57. The van der Waals surface area contributed by atoms with E-state index in [0.717, 1.165) is 5.69 Å². The summed E-state index contributed by atoms with van der Waals surface area (Å²) < 4.78 is 0. The smallest absolute Gasteiger partial charge is 0.0763 e. The first kappa shape index (κ1) is 8.19. The van der Waals surface area contributed by atoms with Gasteiger partial charge in [0.1, 0.15) is 0 Å². The molecule has 1 heteroatoms. The highest BCUT2D eigenvalue weighted by Gasteiger charge is 2.09. The molecule has 1 aromatic rings. The molecule has 13 heavy (non-hydrogen) atoms. The van der Waals surface area contributed by atoms with Crippen LogP contribution < -0.4 is 5.32 Å². The van der Waals surface area contributed by atoms with Gasteiger partial charge in [0.25, 0.3) is 0 Å². The predicted molar refractivity (Wildman–Crippen MR) is 55.8 cm³/mol. The van der Waals surface area contributed by atoms with Gasteiger partial charge in [-0.05, 0) is 42.5 Å². The van der Waals surface area contributed by atoms with Crippen molar-refractivity contribution in [2.24, 2.45) is 0 Å². The number of terminal acetylenes is 1. The second-order valence-electron chi connectivity index (χ2n) is 3.39. The summed E-state index contributed by atoms with van der Waals surface area (Å²) in [5.41, 5.74) is 4.15. The molecule has 1 N–H and O–H groups in total. The Bertz CT molecular complexity index is 347. The van der Waals surface area contributed by atoms with Gasteiger partial charge in [0.2, 0.25) is 0 Å². The molecule has 1 aromatic carbocycles. The molecule has 0 bridgehead atoms. The molecule has 0 spiro atoms. The number of nitrogens with one attached hydrogen (secondary N) is 1. The highest BCUT2D eigenvalue weighted by Crippen LogP contribution is 2.24. The molecule has 0 fully saturated rings. The number of aryl methyl sites for hydroxylation is 2. The molecule has 1 aliphatic carbocycles. The highest BCUT2D eigenvalue weighted by molar-refractivity contribution is 5.50. The Kier molecular flexibility index (Phi) is 2.23. The van der Waals surface area contributed by atoms with E-state index in [4.69, 9.17) is 6.42 Å². The summed E-state index contributed by atoms with van der Waals surface area (Å²) in [6.07, 6.45) is 8.94. The highest BCUT2D eigenvalue weighted by atomic mass is 14.8. The van der Waals surface area contributed by atoms with Crippen LogP contribution in [0, 0.1) is 12.3 Å². The standard InChI is InChI=1S/C12H13N/c1-2-8-13-12-7-6-10-4-3-5-11(10)9-12/h1,6-7,9,13H,3-5,8H2. The van der Waals surface area contributed by atoms with Crippen molar-refractivity contribution in [3.05, 3.63) is 29.3 Å². The average Bonchev–Trinajstić information content (AvgIpc) is 2.61. The molecular formula is C12H13N. The minimum absolute atomic E-state index is 0.610. The first-order valence-electron chi connectivity index (χ1n) is 4.69. The van der Waals surface area contributed by atoms with E-state index >= 15 is 0 Å². The van der Waals surface area contributed by atoms with E-state index in [1.165, 1.54) is 30.4 Å². The lowest BCUT2D eigenvalue weighted by atomic mass is 10.1. The van der Waals surface area contributed by atoms with Gasteiger partial charge in [0.05, 0.1) is 6.54 Å². The van der Waals surface area contributed by atoms with Crippen molar-refractivity contribution in [3.8, 4) is 12.3 Å². The average molecular weight is 171 g/mol. The molecule has 0 aliphatic heterocycles. The molecule has 0 saturated carbocycles. The van der Waals surface area contributed by atoms with Gasteiger partial charge < -0.3 is 5.32 Å². The van der Waals surface area contributed by atoms with E-state index in [1.54, 1.807) is 0 Å². The molecule has 1 nitrogen and oxygen atoms in total. The first-order valence-corrected chi connectivity index (χ1v) is 4.69. The van der Waals surface area contributed by atoms with Crippen LogP contribution >= 0.6 is 0 Å². The van der Waals surface area contributed by atoms with Crippen LogP contribution in [0.1, 0.15) is 17.5 Å². The van der Waals surface area contributed by atoms with E-state index in [2.05, 4.69) is 29.4 Å². The van der Waals surface area contributed by atoms with Crippen LogP contribution in [0.4, 0.5) is 5.69 Å². The number of hydrogen-bond acceptors (Lipinski definition) is 1. The van der Waals surface area contributed by atoms with Crippen molar-refractivity contribution < 1.29 is 0 Å². The molecule has 0 saturated heterocycles. The van der Waals surface area contributed by atoms with Crippen molar-refractivity contribution in [2.45, 2.75) is 19.3 Å². The van der Waals surface area contributed by atoms with E-state index in [0.29, 0.717) is 6.54 Å². The Balaban J connectivity index is 2.17. The SMILES string of the molecule is C#CCNc1ccc2c(c1)CCC2. The predicted octanol–water partition coefficient (Wildman–Crippen LogP) is 2.22. The van der Waals surface area contributed by atoms with Crippen molar-refractivity contribution in [2.75, 3.05) is 11.9 Å². The van der Waals surface area contributed by atoms with Gasteiger partial charge in [-0.15, -0.1) is 6.42 Å². The number of anilines is 1. The molecule has 0 atom stereocenters. The van der Waals surface area contributed by atoms with E-state index in [1.807, 2.05) is 0 Å². The van der Waals surface area contributed by atoms with Crippen LogP contribution in [0.15, 0.2) is 18.2 Å². The maximum atomic E-state index is 5.18. The summed E-state index contributed by atoms with van der Waals surface area (Å²) in [6.45, 7) is 0.610. The maximum Gasteiger partial charge on any atom is 0.0763 e. The van der Waals surface area contributed by atoms with Crippen LogP contribution in [0.3, 0.4) is 0 Å². The van der Waals surface area contributed by atoms with Gasteiger partial charge >= 0.3 is 0 Å². The summed E-state index contributed by atoms with van der Waals surface area (Å²) in [6, 6.07) is 6.54. The molecule has 0 radical (unpaired) electrons. The summed E-state index contributed by atoms with van der Waals surface area (Å²) in [5, 5.41) is 3.19. The molecule has 0 unspecified atom stereocenters. The fourth-order valence-electron chi connectivity index (χ4n) is 1.83. The Hall–Kier alpha value is -1.42. The third kappa shape index (κ3) is 1.67. The zero-order valence-corrected chi connectivity index (χ0v) is 7.64. The third-order valence-electron chi connectivity index (χ3n) is 2.49. The van der Waals surface area contributed by atoms with Crippen LogP contribution in [0.2, 0.25) is 0 Å². The van der Waals surface area contributed by atoms with Crippen molar-refractivity contribution in [1.82, 2.24) is 0 Å². The topological polar surface area (TPSA) is 12.0 Å². The van der Waals surface area contributed by atoms with E-state index < -0.39 is 0 Å². The Labute approximate surface area is 79.2 Å². The molecule has 0 amide bonds. The number of benzene rings is 1. The molecule has 2 rings (SSSR count). The minimum atomic E-state index is 0.610. The van der Waals surface area contributed by atoms with Crippen molar-refractivity contribution in [1.29, 1.82) is 0 Å². The van der Waals surface area contributed by atoms with E-state index in [9.17, 15) is 0 Å². The second-order valence-corrected chi connectivity index (χ2v) is 3.39. The quantitative estimate of drug-likeness (QED) is 0.673. The van der Waals surface area contributed by atoms with Gasteiger partial charge in [0, 0.05) is 5.69 Å². The third-order valence-corrected chi connectivity index (χ3v) is 2.49. The number of fused-ring (bicyclic) bond motifs is 1. The maximum absolute atomic E-state index is 5.18.